The van der Waals surface area contributed by atoms with Crippen LogP contribution in [0.15, 0.2) is 23.0 Å². The Balaban J connectivity index is 2.47. The maximum Gasteiger partial charge on any atom is 0.0950 e. The van der Waals surface area contributed by atoms with E-state index in [0.717, 1.165) is 12.0 Å². The number of rotatable bonds is 6. The molecule has 0 aromatic carbocycles. The van der Waals surface area contributed by atoms with Gasteiger partial charge in [0.05, 0.1) is 12.5 Å². The molecule has 4 nitrogen and oxygen atoms in total. The molecular weight excluding hydrogens is 180 g/mol. The average Bonchev–Trinajstić information content (AvgIpc) is 2.67. The van der Waals surface area contributed by atoms with Crippen molar-refractivity contribution in [3.05, 3.63) is 24.2 Å². The second kappa shape index (κ2) is 5.80. The highest BCUT2D eigenvalue weighted by Gasteiger charge is 2.12. The molecule has 0 aliphatic carbocycles. The lowest BCUT2D eigenvalue weighted by atomic mass is 10.1. The van der Waals surface area contributed by atoms with Gasteiger partial charge in [-0.3, -0.25) is 0 Å². The monoisotopic (exact) mass is 198 g/mol. The molecule has 0 spiro atoms. The third-order valence-corrected chi connectivity index (χ3v) is 2.23. The van der Waals surface area contributed by atoms with E-state index in [4.69, 9.17) is 15.3 Å². The summed E-state index contributed by atoms with van der Waals surface area (Å²) in [5, 5.41) is 12.1. The molecular formula is C10H18N2O2. The minimum atomic E-state index is 0.107. The quantitative estimate of drug-likeness (QED) is 0.627. The van der Waals surface area contributed by atoms with Crippen molar-refractivity contribution in [1.29, 1.82) is 0 Å². The van der Waals surface area contributed by atoms with Crippen LogP contribution in [-0.2, 0) is 0 Å². The van der Waals surface area contributed by atoms with Crippen molar-refractivity contribution in [2.75, 3.05) is 13.2 Å². The van der Waals surface area contributed by atoms with Crippen molar-refractivity contribution < 1.29 is 9.52 Å². The van der Waals surface area contributed by atoms with Crippen LogP contribution in [0.3, 0.4) is 0 Å². The van der Waals surface area contributed by atoms with E-state index in [1.165, 1.54) is 0 Å². The lowest BCUT2D eigenvalue weighted by molar-refractivity contribution is 0.263. The molecule has 1 aromatic heterocycles. The van der Waals surface area contributed by atoms with Crippen molar-refractivity contribution in [1.82, 2.24) is 5.32 Å². The molecule has 80 valence electrons. The minimum Gasteiger partial charge on any atom is -0.472 e. The van der Waals surface area contributed by atoms with Gasteiger partial charge in [0.1, 0.15) is 0 Å². The molecule has 0 fully saturated rings. The summed E-state index contributed by atoms with van der Waals surface area (Å²) in [4.78, 5) is 0. The molecule has 1 rings (SSSR count). The zero-order valence-corrected chi connectivity index (χ0v) is 8.44. The average molecular weight is 198 g/mol. The van der Waals surface area contributed by atoms with E-state index in [-0.39, 0.29) is 18.7 Å². The fourth-order valence-electron chi connectivity index (χ4n) is 1.39. The van der Waals surface area contributed by atoms with Crippen LogP contribution in [0.2, 0.25) is 0 Å². The Bertz CT molecular complexity index is 236. The SMILES string of the molecule is CC(CCO)NC(CN)c1ccoc1. The van der Waals surface area contributed by atoms with Gasteiger partial charge in [-0.2, -0.15) is 0 Å². The summed E-state index contributed by atoms with van der Waals surface area (Å²) in [6.07, 6.45) is 4.06. The fraction of sp³-hybridized carbons (Fsp3) is 0.600. The molecule has 0 amide bonds. The molecule has 0 aliphatic heterocycles. The predicted molar refractivity (Wildman–Crippen MR) is 54.8 cm³/mol. The Hall–Kier alpha value is -0.840. The van der Waals surface area contributed by atoms with Gasteiger partial charge in [-0.15, -0.1) is 0 Å². The normalized spacial score (nSPS) is 15.4. The lowest BCUT2D eigenvalue weighted by Crippen LogP contribution is -2.35. The minimum absolute atomic E-state index is 0.107. The molecule has 1 aromatic rings. The summed E-state index contributed by atoms with van der Waals surface area (Å²) in [7, 11) is 0. The maximum absolute atomic E-state index is 8.76. The first-order chi connectivity index (χ1) is 6.77. The number of aliphatic hydroxyl groups is 1. The molecule has 1 heterocycles. The second-order valence-electron chi connectivity index (χ2n) is 3.42. The molecule has 4 N–H and O–H groups in total. The zero-order chi connectivity index (χ0) is 10.4. The number of hydrogen-bond acceptors (Lipinski definition) is 4. The number of furan rings is 1. The first-order valence-electron chi connectivity index (χ1n) is 4.87. The van der Waals surface area contributed by atoms with E-state index in [1.54, 1.807) is 12.5 Å². The third-order valence-electron chi connectivity index (χ3n) is 2.23. The van der Waals surface area contributed by atoms with Crippen LogP contribution in [0.25, 0.3) is 0 Å². The highest BCUT2D eigenvalue weighted by molar-refractivity contribution is 5.12. The van der Waals surface area contributed by atoms with E-state index in [0.29, 0.717) is 6.54 Å². The van der Waals surface area contributed by atoms with Crippen molar-refractivity contribution in [3.8, 4) is 0 Å². The van der Waals surface area contributed by atoms with Gasteiger partial charge in [-0.1, -0.05) is 0 Å². The first-order valence-corrected chi connectivity index (χ1v) is 4.87. The largest absolute Gasteiger partial charge is 0.472 e. The van der Waals surface area contributed by atoms with Crippen LogP contribution in [0.4, 0.5) is 0 Å². The molecule has 14 heavy (non-hydrogen) atoms. The van der Waals surface area contributed by atoms with E-state index >= 15 is 0 Å². The Labute approximate surface area is 84.1 Å². The van der Waals surface area contributed by atoms with E-state index in [1.807, 2.05) is 13.0 Å². The number of aliphatic hydroxyl groups excluding tert-OH is 1. The van der Waals surface area contributed by atoms with Gasteiger partial charge in [0, 0.05) is 30.8 Å². The highest BCUT2D eigenvalue weighted by Crippen LogP contribution is 2.13. The summed E-state index contributed by atoms with van der Waals surface area (Å²) < 4.78 is 4.99. The molecule has 2 atom stereocenters. The molecule has 0 saturated carbocycles. The van der Waals surface area contributed by atoms with E-state index in [2.05, 4.69) is 5.32 Å². The molecule has 0 saturated heterocycles. The number of nitrogens with two attached hydrogens (primary N) is 1. The van der Waals surface area contributed by atoms with Crippen LogP contribution in [0, 0.1) is 0 Å². The highest BCUT2D eigenvalue weighted by atomic mass is 16.3. The summed E-state index contributed by atoms with van der Waals surface area (Å²) in [6.45, 7) is 2.74. The maximum atomic E-state index is 8.76. The van der Waals surface area contributed by atoms with Gasteiger partial charge in [-0.05, 0) is 19.4 Å². The standard InChI is InChI=1S/C10H18N2O2/c1-8(2-4-13)12-10(6-11)9-3-5-14-7-9/h3,5,7-8,10,12-13H,2,4,6,11H2,1H3. The summed E-state index contributed by atoms with van der Waals surface area (Å²) >= 11 is 0. The summed E-state index contributed by atoms with van der Waals surface area (Å²) in [5.74, 6) is 0. The van der Waals surface area contributed by atoms with Gasteiger partial charge in [0.25, 0.3) is 0 Å². The molecule has 2 unspecified atom stereocenters. The predicted octanol–water partition coefficient (Wildman–Crippen LogP) is 0.640. The molecule has 0 radical (unpaired) electrons. The zero-order valence-electron chi connectivity index (χ0n) is 8.44. The lowest BCUT2D eigenvalue weighted by Gasteiger charge is -2.20. The Morgan fingerprint density at radius 2 is 2.43 bits per heavy atom. The van der Waals surface area contributed by atoms with Crippen LogP contribution in [-0.4, -0.2) is 24.3 Å². The summed E-state index contributed by atoms with van der Waals surface area (Å²) in [6, 6.07) is 2.26. The van der Waals surface area contributed by atoms with Crippen LogP contribution in [0.5, 0.6) is 0 Å². The topological polar surface area (TPSA) is 71.4 Å². The Kier molecular flexibility index (Phi) is 4.65. The smallest absolute Gasteiger partial charge is 0.0950 e. The van der Waals surface area contributed by atoms with Crippen molar-refractivity contribution in [2.45, 2.75) is 25.4 Å². The Morgan fingerprint density at radius 3 is 2.93 bits per heavy atom. The van der Waals surface area contributed by atoms with Gasteiger partial charge in [0.15, 0.2) is 0 Å². The number of hydrogen-bond donors (Lipinski definition) is 3. The Morgan fingerprint density at radius 1 is 1.64 bits per heavy atom. The summed E-state index contributed by atoms with van der Waals surface area (Å²) in [5.41, 5.74) is 6.69. The van der Waals surface area contributed by atoms with Crippen molar-refractivity contribution in [2.24, 2.45) is 5.73 Å². The van der Waals surface area contributed by atoms with Crippen LogP contribution in [0.1, 0.15) is 24.9 Å². The van der Waals surface area contributed by atoms with Crippen LogP contribution < -0.4 is 11.1 Å². The van der Waals surface area contributed by atoms with Crippen molar-refractivity contribution in [3.63, 3.8) is 0 Å². The third kappa shape index (κ3) is 3.14. The molecule has 0 bridgehead atoms. The molecule has 0 aliphatic rings. The van der Waals surface area contributed by atoms with Gasteiger partial charge < -0.3 is 20.6 Å². The second-order valence-corrected chi connectivity index (χ2v) is 3.42. The van der Waals surface area contributed by atoms with Gasteiger partial charge in [0.2, 0.25) is 0 Å². The van der Waals surface area contributed by atoms with E-state index < -0.39 is 0 Å². The first kappa shape index (κ1) is 11.2. The van der Waals surface area contributed by atoms with Gasteiger partial charge in [-0.25, -0.2) is 0 Å². The molecule has 4 heteroatoms. The number of nitrogens with one attached hydrogen (secondary N) is 1. The van der Waals surface area contributed by atoms with Crippen molar-refractivity contribution >= 4 is 0 Å². The van der Waals surface area contributed by atoms with E-state index in [9.17, 15) is 0 Å². The van der Waals surface area contributed by atoms with Gasteiger partial charge >= 0.3 is 0 Å². The van der Waals surface area contributed by atoms with Crippen LogP contribution >= 0.6 is 0 Å². The fourth-order valence-corrected chi connectivity index (χ4v) is 1.39.